The summed E-state index contributed by atoms with van der Waals surface area (Å²) in [5.74, 6) is 0.633. The summed E-state index contributed by atoms with van der Waals surface area (Å²) in [4.78, 5) is 18.9. The fourth-order valence-corrected chi connectivity index (χ4v) is 3.22. The molecule has 7 nitrogen and oxygen atoms in total. The maximum Gasteiger partial charge on any atom is 0.246 e. The van der Waals surface area contributed by atoms with Crippen molar-refractivity contribution < 1.29 is 9.90 Å². The number of benzene rings is 1. The third-order valence-corrected chi connectivity index (χ3v) is 4.73. The molecule has 0 radical (unpaired) electrons. The number of likely N-dealkylation sites (tertiary alicyclic amines) is 1. The van der Waals surface area contributed by atoms with Crippen LogP contribution in [0.5, 0.6) is 5.75 Å². The van der Waals surface area contributed by atoms with Crippen LogP contribution in [0.1, 0.15) is 39.5 Å². The Hall–Kier alpha value is -2.28. The fraction of sp³-hybridized carbons (Fsp3) is 0.600. The minimum absolute atomic E-state index is 0.0410. The Morgan fingerprint density at radius 3 is 2.74 bits per heavy atom. The lowest BCUT2D eigenvalue weighted by Crippen LogP contribution is -2.41. The second-order valence-electron chi connectivity index (χ2n) is 6.95. The summed E-state index contributed by atoms with van der Waals surface area (Å²) in [6.07, 6.45) is 5.00. The number of carbonyl (C=O) groups excluding carboxylic acids is 1. The fourth-order valence-electron chi connectivity index (χ4n) is 3.22. The van der Waals surface area contributed by atoms with Gasteiger partial charge >= 0.3 is 0 Å². The van der Waals surface area contributed by atoms with Crippen LogP contribution in [0, 0.1) is 0 Å². The zero-order valence-corrected chi connectivity index (χ0v) is 16.5. The molecule has 1 saturated heterocycles. The van der Waals surface area contributed by atoms with Crippen LogP contribution < -0.4 is 16.0 Å². The highest BCUT2D eigenvalue weighted by atomic mass is 16.3. The van der Waals surface area contributed by atoms with E-state index in [1.807, 2.05) is 6.92 Å². The van der Waals surface area contributed by atoms with E-state index in [0.29, 0.717) is 17.7 Å². The van der Waals surface area contributed by atoms with Gasteiger partial charge in [0.05, 0.1) is 0 Å². The van der Waals surface area contributed by atoms with Gasteiger partial charge < -0.3 is 26.0 Å². The number of anilines is 1. The van der Waals surface area contributed by atoms with Crippen LogP contribution >= 0.6 is 0 Å². The summed E-state index contributed by atoms with van der Waals surface area (Å²) < 4.78 is 0. The molecule has 0 saturated carbocycles. The first-order valence-corrected chi connectivity index (χ1v) is 9.93. The van der Waals surface area contributed by atoms with E-state index in [0.717, 1.165) is 26.1 Å². The number of phenolic OH excluding ortho intramolecular Hbond substituents is 1. The molecule has 1 amide bonds. The van der Waals surface area contributed by atoms with Crippen LogP contribution in [0.3, 0.4) is 0 Å². The Labute approximate surface area is 162 Å². The molecule has 1 unspecified atom stereocenters. The van der Waals surface area contributed by atoms with Gasteiger partial charge in [-0.15, -0.1) is 0 Å². The van der Waals surface area contributed by atoms with Gasteiger partial charge in [0.15, 0.2) is 5.96 Å². The lowest BCUT2D eigenvalue weighted by atomic mass is 10.0. The Bertz CT molecular complexity index is 603. The number of guanidine groups is 1. The van der Waals surface area contributed by atoms with Gasteiger partial charge in [0.1, 0.15) is 12.3 Å². The number of aromatic hydroxyl groups is 1. The topological polar surface area (TPSA) is 89.0 Å². The largest absolute Gasteiger partial charge is 0.508 e. The predicted octanol–water partition coefficient (Wildman–Crippen LogP) is 2.15. The van der Waals surface area contributed by atoms with Crippen LogP contribution in [-0.2, 0) is 4.79 Å². The molecular weight excluding hydrogens is 342 g/mol. The zero-order chi connectivity index (χ0) is 19.5. The highest BCUT2D eigenvalue weighted by Gasteiger charge is 2.17. The highest BCUT2D eigenvalue weighted by Crippen LogP contribution is 2.16. The number of nitrogens with one attached hydrogen (secondary N) is 3. The minimum Gasteiger partial charge on any atom is -0.508 e. The van der Waals surface area contributed by atoms with E-state index in [9.17, 15) is 9.90 Å². The Morgan fingerprint density at radius 1 is 1.26 bits per heavy atom. The van der Waals surface area contributed by atoms with Crippen molar-refractivity contribution in [2.45, 2.75) is 45.6 Å². The third-order valence-electron chi connectivity index (χ3n) is 4.73. The van der Waals surface area contributed by atoms with E-state index < -0.39 is 0 Å². The Kier molecular flexibility index (Phi) is 8.91. The summed E-state index contributed by atoms with van der Waals surface area (Å²) in [6, 6.07) is 7.06. The van der Waals surface area contributed by atoms with Crippen LogP contribution in [0.4, 0.5) is 5.69 Å². The molecular formula is C20H33N5O2. The number of hydrogen-bond donors (Lipinski definition) is 4. The van der Waals surface area contributed by atoms with Gasteiger partial charge in [0, 0.05) is 31.4 Å². The smallest absolute Gasteiger partial charge is 0.246 e. The second kappa shape index (κ2) is 11.4. The standard InChI is InChI=1S/C20H33N5O2/c1-3-21-20(22-12-6-14-25-13-5-4-7-16(25)2)23-15-19(27)24-17-8-10-18(26)11-9-17/h8-11,16,26H,3-7,12-15H2,1-2H3,(H,24,27)(H2,21,22,23). The zero-order valence-electron chi connectivity index (χ0n) is 16.5. The van der Waals surface area contributed by atoms with E-state index >= 15 is 0 Å². The molecule has 150 valence electrons. The van der Waals surface area contributed by atoms with Crippen molar-refractivity contribution in [1.82, 2.24) is 15.5 Å². The van der Waals surface area contributed by atoms with Gasteiger partial charge in [-0.05, 0) is 63.9 Å². The van der Waals surface area contributed by atoms with Crippen LogP contribution in [-0.4, -0.2) is 60.6 Å². The van der Waals surface area contributed by atoms with Gasteiger partial charge in [-0.2, -0.15) is 0 Å². The van der Waals surface area contributed by atoms with E-state index in [1.165, 1.54) is 37.9 Å². The molecule has 7 heteroatoms. The SMILES string of the molecule is CCNC(=NCC(=O)Nc1ccc(O)cc1)NCCCN1CCCCC1C. The number of nitrogens with zero attached hydrogens (tertiary/aromatic N) is 2. The van der Waals surface area contributed by atoms with Crippen molar-refractivity contribution in [1.29, 1.82) is 0 Å². The molecule has 1 aliphatic heterocycles. The van der Waals surface area contributed by atoms with Gasteiger partial charge in [0.2, 0.25) is 5.91 Å². The second-order valence-corrected chi connectivity index (χ2v) is 6.95. The molecule has 27 heavy (non-hydrogen) atoms. The van der Waals surface area contributed by atoms with Gasteiger partial charge in [-0.3, -0.25) is 4.79 Å². The van der Waals surface area contributed by atoms with Crippen molar-refractivity contribution >= 4 is 17.6 Å². The molecule has 4 N–H and O–H groups in total. The molecule has 1 fully saturated rings. The molecule has 1 atom stereocenters. The molecule has 1 aromatic rings. The summed E-state index contributed by atoms with van der Waals surface area (Å²) >= 11 is 0. The van der Waals surface area contributed by atoms with Crippen molar-refractivity contribution in [3.05, 3.63) is 24.3 Å². The summed E-state index contributed by atoms with van der Waals surface area (Å²) in [6.45, 7) is 8.22. The summed E-state index contributed by atoms with van der Waals surface area (Å²) in [5.41, 5.74) is 0.640. The lowest BCUT2D eigenvalue weighted by molar-refractivity contribution is -0.114. The normalized spacial score (nSPS) is 18.1. The number of rotatable bonds is 8. The monoisotopic (exact) mass is 375 g/mol. The summed E-state index contributed by atoms with van der Waals surface area (Å²) in [5, 5.41) is 18.5. The van der Waals surface area contributed by atoms with Gasteiger partial charge in [-0.25, -0.2) is 4.99 Å². The first kappa shape index (κ1) is 21.0. The van der Waals surface area contributed by atoms with Crippen molar-refractivity contribution in [2.75, 3.05) is 38.0 Å². The quantitative estimate of drug-likeness (QED) is 0.242. The highest BCUT2D eigenvalue weighted by molar-refractivity contribution is 5.94. The van der Waals surface area contributed by atoms with E-state index in [2.05, 4.69) is 32.8 Å². The first-order chi connectivity index (χ1) is 13.1. The molecule has 0 aromatic heterocycles. The number of aliphatic imine (C=N–C) groups is 1. The van der Waals surface area contributed by atoms with Crippen molar-refractivity contribution in [2.24, 2.45) is 4.99 Å². The third kappa shape index (κ3) is 7.86. The number of piperidine rings is 1. The van der Waals surface area contributed by atoms with Crippen LogP contribution in [0.15, 0.2) is 29.3 Å². The predicted molar refractivity (Wildman–Crippen MR) is 110 cm³/mol. The molecule has 1 aliphatic rings. The van der Waals surface area contributed by atoms with Gasteiger partial charge in [0.25, 0.3) is 0 Å². The molecule has 0 spiro atoms. The molecule has 0 bridgehead atoms. The van der Waals surface area contributed by atoms with E-state index in [1.54, 1.807) is 12.1 Å². The van der Waals surface area contributed by atoms with E-state index in [4.69, 9.17) is 0 Å². The molecule has 0 aliphatic carbocycles. The number of hydrogen-bond acceptors (Lipinski definition) is 4. The number of amides is 1. The Morgan fingerprint density at radius 2 is 2.04 bits per heavy atom. The van der Waals surface area contributed by atoms with Crippen molar-refractivity contribution in [3.63, 3.8) is 0 Å². The lowest BCUT2D eigenvalue weighted by Gasteiger charge is -2.33. The first-order valence-electron chi connectivity index (χ1n) is 9.93. The maximum absolute atomic E-state index is 12.0. The average Bonchev–Trinajstić information content (AvgIpc) is 2.66. The minimum atomic E-state index is -0.194. The molecule has 1 aromatic carbocycles. The van der Waals surface area contributed by atoms with Crippen molar-refractivity contribution in [3.8, 4) is 5.75 Å². The van der Waals surface area contributed by atoms with Gasteiger partial charge in [-0.1, -0.05) is 6.42 Å². The maximum atomic E-state index is 12.0. The van der Waals surface area contributed by atoms with E-state index in [-0.39, 0.29) is 18.2 Å². The number of carbonyl (C=O) groups is 1. The molecule has 1 heterocycles. The summed E-state index contributed by atoms with van der Waals surface area (Å²) in [7, 11) is 0. The van der Waals surface area contributed by atoms with Crippen LogP contribution in [0.25, 0.3) is 0 Å². The van der Waals surface area contributed by atoms with Crippen LogP contribution in [0.2, 0.25) is 0 Å². The molecule has 2 rings (SSSR count). The number of phenols is 1. The Balaban J connectivity index is 1.72. The average molecular weight is 376 g/mol.